The van der Waals surface area contributed by atoms with Gasteiger partial charge in [0.1, 0.15) is 11.5 Å². The second kappa shape index (κ2) is 6.69. The summed E-state index contributed by atoms with van der Waals surface area (Å²) in [5.74, 6) is 1.00. The van der Waals surface area contributed by atoms with E-state index in [-0.39, 0.29) is 29.6 Å². The van der Waals surface area contributed by atoms with E-state index in [1.165, 1.54) is 13.8 Å². The summed E-state index contributed by atoms with van der Waals surface area (Å²) in [6, 6.07) is 3.69. The Hall–Kier alpha value is -1.88. The van der Waals surface area contributed by atoms with Crippen LogP contribution in [0.2, 0.25) is 0 Å². The van der Waals surface area contributed by atoms with E-state index in [1.54, 1.807) is 0 Å². The molecule has 5 heteroatoms. The highest BCUT2D eigenvalue weighted by molar-refractivity contribution is 5.73. The van der Waals surface area contributed by atoms with Gasteiger partial charge in [0.2, 0.25) is 0 Å². The summed E-state index contributed by atoms with van der Waals surface area (Å²) in [5, 5.41) is 0. The van der Waals surface area contributed by atoms with Gasteiger partial charge in [0.25, 0.3) is 0 Å². The lowest BCUT2D eigenvalue weighted by Crippen LogP contribution is -2.33. The maximum atomic E-state index is 11.7. The van der Waals surface area contributed by atoms with Gasteiger partial charge in [0, 0.05) is 25.3 Å². The van der Waals surface area contributed by atoms with Crippen molar-refractivity contribution in [1.29, 1.82) is 0 Å². The molecule has 5 nitrogen and oxygen atoms in total. The van der Waals surface area contributed by atoms with Gasteiger partial charge in [-0.2, -0.15) is 0 Å². The second-order valence-electron chi connectivity index (χ2n) is 8.19. The third-order valence-corrected chi connectivity index (χ3v) is 5.65. The first-order valence-electron chi connectivity index (χ1n) is 9.31. The molecule has 1 aliphatic heterocycles. The predicted octanol–water partition coefficient (Wildman–Crippen LogP) is 4.15. The van der Waals surface area contributed by atoms with Crippen LogP contribution in [0.25, 0.3) is 0 Å². The molecule has 2 fully saturated rings. The molecule has 0 radical (unpaired) electrons. The molecule has 1 aromatic rings. The highest BCUT2D eigenvalue weighted by atomic mass is 16.6. The van der Waals surface area contributed by atoms with E-state index in [1.807, 2.05) is 19.1 Å². The molecule has 1 saturated carbocycles. The lowest BCUT2D eigenvalue weighted by atomic mass is 9.67. The van der Waals surface area contributed by atoms with Crippen LogP contribution in [0.5, 0.6) is 11.5 Å². The molecule has 0 spiro atoms. The zero-order valence-corrected chi connectivity index (χ0v) is 16.4. The summed E-state index contributed by atoms with van der Waals surface area (Å²) in [5.41, 5.74) is 1.52. The Morgan fingerprint density at radius 3 is 2.15 bits per heavy atom. The van der Waals surface area contributed by atoms with Gasteiger partial charge in [-0.3, -0.25) is 9.59 Å². The molecule has 0 amide bonds. The van der Waals surface area contributed by atoms with Crippen LogP contribution in [-0.2, 0) is 14.3 Å². The Kier molecular flexibility index (Phi) is 4.86. The molecule has 26 heavy (non-hydrogen) atoms. The van der Waals surface area contributed by atoms with Gasteiger partial charge in [-0.05, 0) is 56.2 Å². The number of esters is 2. The average molecular weight is 360 g/mol. The molecule has 0 aromatic heterocycles. The van der Waals surface area contributed by atoms with Crippen LogP contribution in [-0.4, -0.2) is 23.6 Å². The van der Waals surface area contributed by atoms with Crippen molar-refractivity contribution in [2.24, 2.45) is 11.8 Å². The highest BCUT2D eigenvalue weighted by Gasteiger charge is 2.62. The highest BCUT2D eigenvalue weighted by Crippen LogP contribution is 2.60. The lowest BCUT2D eigenvalue weighted by molar-refractivity contribution is -0.132. The van der Waals surface area contributed by atoms with E-state index < -0.39 is 0 Å². The zero-order valence-electron chi connectivity index (χ0n) is 16.4. The molecule has 2 unspecified atom stereocenters. The first-order chi connectivity index (χ1) is 12.1. The fraction of sp³-hybridized carbons (Fsp3) is 0.619. The average Bonchev–Trinajstić information content (AvgIpc) is 3.17. The monoisotopic (exact) mass is 360 g/mol. The van der Waals surface area contributed by atoms with Gasteiger partial charge in [0.15, 0.2) is 0 Å². The molecule has 1 saturated heterocycles. The minimum Gasteiger partial charge on any atom is -0.426 e. The summed E-state index contributed by atoms with van der Waals surface area (Å²) < 4.78 is 17.2. The Morgan fingerprint density at radius 1 is 1.15 bits per heavy atom. The summed E-state index contributed by atoms with van der Waals surface area (Å²) in [6.45, 7) is 11.2. The van der Waals surface area contributed by atoms with Gasteiger partial charge in [0.05, 0.1) is 11.7 Å². The minimum atomic E-state index is -0.387. The zero-order chi connectivity index (χ0) is 19.2. The Labute approximate surface area is 155 Å². The van der Waals surface area contributed by atoms with Gasteiger partial charge in [-0.1, -0.05) is 13.8 Å². The van der Waals surface area contributed by atoms with E-state index >= 15 is 0 Å². The van der Waals surface area contributed by atoms with Crippen LogP contribution in [0.4, 0.5) is 0 Å². The van der Waals surface area contributed by atoms with E-state index in [0.29, 0.717) is 23.3 Å². The van der Waals surface area contributed by atoms with Crippen LogP contribution < -0.4 is 9.47 Å². The number of carbonyl (C=O) groups excluding carboxylic acids is 2. The predicted molar refractivity (Wildman–Crippen MR) is 97.4 cm³/mol. The summed E-state index contributed by atoms with van der Waals surface area (Å²) in [4.78, 5) is 23.4. The third kappa shape index (κ3) is 3.50. The fourth-order valence-corrected chi connectivity index (χ4v) is 4.42. The van der Waals surface area contributed by atoms with Crippen LogP contribution >= 0.6 is 0 Å². The number of benzene rings is 1. The molecular formula is C21H28O5. The SMILES string of the molecule is CC(=O)Oc1cc(C)cc(OC(C)=O)c1[C@@H]1C2OC2(C)CC[C@H]1C(C)C. The number of carbonyl (C=O) groups is 2. The maximum absolute atomic E-state index is 11.7. The smallest absolute Gasteiger partial charge is 0.308 e. The molecule has 0 bridgehead atoms. The first kappa shape index (κ1) is 18.9. The lowest BCUT2D eigenvalue weighted by Gasteiger charge is -2.35. The van der Waals surface area contributed by atoms with E-state index in [4.69, 9.17) is 14.2 Å². The minimum absolute atomic E-state index is 0.0260. The normalized spacial score (nSPS) is 29.9. The van der Waals surface area contributed by atoms with Crippen molar-refractivity contribution in [3.63, 3.8) is 0 Å². The Morgan fingerprint density at radius 2 is 1.69 bits per heavy atom. The molecule has 1 aromatic carbocycles. The summed E-state index contributed by atoms with van der Waals surface area (Å²) >= 11 is 0. The van der Waals surface area contributed by atoms with Crippen molar-refractivity contribution in [3.05, 3.63) is 23.3 Å². The summed E-state index contributed by atoms with van der Waals surface area (Å²) in [6.07, 6.45) is 2.10. The third-order valence-electron chi connectivity index (χ3n) is 5.65. The van der Waals surface area contributed by atoms with E-state index in [9.17, 15) is 9.59 Å². The van der Waals surface area contributed by atoms with Crippen LogP contribution in [0.1, 0.15) is 64.5 Å². The van der Waals surface area contributed by atoms with Crippen molar-refractivity contribution < 1.29 is 23.8 Å². The number of hydrogen-bond acceptors (Lipinski definition) is 5. The van der Waals surface area contributed by atoms with Gasteiger partial charge >= 0.3 is 11.9 Å². The first-order valence-corrected chi connectivity index (χ1v) is 9.31. The largest absolute Gasteiger partial charge is 0.426 e. The van der Waals surface area contributed by atoms with Crippen molar-refractivity contribution in [2.45, 2.75) is 72.0 Å². The molecule has 142 valence electrons. The number of ether oxygens (including phenoxy) is 3. The van der Waals surface area contributed by atoms with Crippen LogP contribution in [0.15, 0.2) is 12.1 Å². The number of rotatable bonds is 4. The molecule has 2 aliphatic rings. The standard InChI is InChI=1S/C21H28O5/c1-11(2)15-7-8-21(6)20(26-21)18(15)19-16(24-13(4)22)9-12(3)10-17(19)25-14(5)23/h9-11,15,18,20H,7-8H2,1-6H3/t15-,18+,20?,21?/m0/s1. The van der Waals surface area contributed by atoms with Crippen LogP contribution in [0.3, 0.4) is 0 Å². The molecule has 1 heterocycles. The maximum Gasteiger partial charge on any atom is 0.308 e. The van der Waals surface area contributed by atoms with Gasteiger partial charge in [-0.25, -0.2) is 0 Å². The summed E-state index contributed by atoms with van der Waals surface area (Å²) in [7, 11) is 0. The van der Waals surface area contributed by atoms with Crippen molar-refractivity contribution in [3.8, 4) is 11.5 Å². The Balaban J connectivity index is 2.16. The van der Waals surface area contributed by atoms with Crippen LogP contribution in [0, 0.1) is 18.8 Å². The fourth-order valence-electron chi connectivity index (χ4n) is 4.42. The number of hydrogen-bond donors (Lipinski definition) is 0. The molecule has 0 N–H and O–H groups in total. The number of aryl methyl sites for hydroxylation is 1. The number of epoxide rings is 1. The molecule has 4 atom stereocenters. The van der Waals surface area contributed by atoms with E-state index in [2.05, 4.69) is 20.8 Å². The quantitative estimate of drug-likeness (QED) is 0.458. The van der Waals surface area contributed by atoms with Crippen molar-refractivity contribution in [1.82, 2.24) is 0 Å². The Bertz CT molecular complexity index is 701. The number of fused-ring (bicyclic) bond motifs is 1. The topological polar surface area (TPSA) is 65.1 Å². The van der Waals surface area contributed by atoms with Crippen molar-refractivity contribution >= 4 is 11.9 Å². The van der Waals surface area contributed by atoms with Gasteiger partial charge < -0.3 is 14.2 Å². The van der Waals surface area contributed by atoms with Gasteiger partial charge in [-0.15, -0.1) is 0 Å². The molecular weight excluding hydrogens is 332 g/mol. The second-order valence-corrected chi connectivity index (χ2v) is 8.19. The molecule has 3 rings (SSSR count). The van der Waals surface area contributed by atoms with E-state index in [0.717, 1.165) is 24.0 Å². The van der Waals surface area contributed by atoms with Crippen molar-refractivity contribution in [2.75, 3.05) is 0 Å². The molecule has 1 aliphatic carbocycles.